The van der Waals surface area contributed by atoms with Crippen LogP contribution in [0.2, 0.25) is 0 Å². The van der Waals surface area contributed by atoms with Crippen LogP contribution in [0.4, 0.5) is 11.4 Å². The number of pyridine rings is 1. The van der Waals surface area contributed by atoms with E-state index in [0.29, 0.717) is 23.4 Å². The highest BCUT2D eigenvalue weighted by molar-refractivity contribution is 5.95. The van der Waals surface area contributed by atoms with Crippen molar-refractivity contribution in [1.82, 2.24) is 4.57 Å². The van der Waals surface area contributed by atoms with E-state index in [4.69, 9.17) is 4.74 Å². The summed E-state index contributed by atoms with van der Waals surface area (Å²) in [6.45, 7) is 10.2. The standard InChI is InChI=1S/C23H29N3O3/c1-6-25(7-2)18-12-10-9-11-16(18)20-19(23(28)29-5)15(4)24-17-13-14-26(8-3)22(27)21(17)20/h9-14,20,24H,6-8H2,1-5H3. The van der Waals surface area contributed by atoms with Gasteiger partial charge in [0.15, 0.2) is 0 Å². The summed E-state index contributed by atoms with van der Waals surface area (Å²) in [6, 6.07) is 9.91. The molecule has 1 aliphatic heterocycles. The number of rotatable bonds is 6. The number of carbonyl (C=O) groups excluding carboxylic acids is 1. The molecule has 1 aromatic carbocycles. The van der Waals surface area contributed by atoms with Gasteiger partial charge in [-0.1, -0.05) is 18.2 Å². The van der Waals surface area contributed by atoms with Crippen LogP contribution in [-0.4, -0.2) is 30.7 Å². The Morgan fingerprint density at radius 3 is 2.48 bits per heavy atom. The van der Waals surface area contributed by atoms with Gasteiger partial charge in [0.1, 0.15) is 0 Å². The molecule has 2 heterocycles. The molecule has 1 atom stereocenters. The van der Waals surface area contributed by atoms with Crippen molar-refractivity contribution in [3.8, 4) is 0 Å². The number of fused-ring (bicyclic) bond motifs is 1. The highest BCUT2D eigenvalue weighted by Gasteiger charge is 2.37. The summed E-state index contributed by atoms with van der Waals surface area (Å²) < 4.78 is 6.79. The second-order valence-corrected chi connectivity index (χ2v) is 7.05. The molecular weight excluding hydrogens is 366 g/mol. The van der Waals surface area contributed by atoms with E-state index in [9.17, 15) is 9.59 Å². The summed E-state index contributed by atoms with van der Waals surface area (Å²) in [5.74, 6) is -0.923. The maximum atomic E-state index is 13.3. The normalized spacial score (nSPS) is 15.6. The van der Waals surface area contributed by atoms with Gasteiger partial charge in [-0.2, -0.15) is 0 Å². The Morgan fingerprint density at radius 1 is 1.17 bits per heavy atom. The van der Waals surface area contributed by atoms with E-state index < -0.39 is 11.9 Å². The highest BCUT2D eigenvalue weighted by atomic mass is 16.5. The molecule has 0 amide bonds. The predicted molar refractivity (Wildman–Crippen MR) is 117 cm³/mol. The number of hydrogen-bond acceptors (Lipinski definition) is 5. The SMILES string of the molecule is CCN(CC)c1ccccc1C1C(C(=O)OC)=C(C)Nc2ccn(CC)c(=O)c21. The zero-order chi connectivity index (χ0) is 21.1. The van der Waals surface area contributed by atoms with Crippen LogP contribution in [0, 0.1) is 0 Å². The number of aromatic nitrogens is 1. The fraction of sp³-hybridized carbons (Fsp3) is 0.391. The lowest BCUT2D eigenvalue weighted by molar-refractivity contribution is -0.136. The van der Waals surface area contributed by atoms with Crippen LogP contribution in [0.15, 0.2) is 52.6 Å². The van der Waals surface area contributed by atoms with Crippen molar-refractivity contribution < 1.29 is 9.53 Å². The molecule has 1 N–H and O–H groups in total. The number of anilines is 2. The smallest absolute Gasteiger partial charge is 0.336 e. The molecule has 0 saturated heterocycles. The van der Waals surface area contributed by atoms with Crippen LogP contribution in [0.5, 0.6) is 0 Å². The molecule has 0 fully saturated rings. The van der Waals surface area contributed by atoms with Gasteiger partial charge in [-0.25, -0.2) is 4.79 Å². The molecule has 1 unspecified atom stereocenters. The average molecular weight is 396 g/mol. The van der Waals surface area contributed by atoms with E-state index in [1.165, 1.54) is 7.11 Å². The van der Waals surface area contributed by atoms with Gasteiger partial charge < -0.3 is 19.5 Å². The lowest BCUT2D eigenvalue weighted by Crippen LogP contribution is -2.34. The summed E-state index contributed by atoms with van der Waals surface area (Å²) in [5, 5.41) is 3.25. The van der Waals surface area contributed by atoms with Crippen molar-refractivity contribution in [2.45, 2.75) is 40.2 Å². The average Bonchev–Trinajstić information content (AvgIpc) is 2.74. The van der Waals surface area contributed by atoms with Crippen LogP contribution >= 0.6 is 0 Å². The van der Waals surface area contributed by atoms with Gasteiger partial charge in [0.2, 0.25) is 0 Å². The number of ether oxygens (including phenoxy) is 1. The van der Waals surface area contributed by atoms with E-state index in [1.807, 2.05) is 38.1 Å². The third-order valence-electron chi connectivity index (χ3n) is 5.60. The molecule has 154 valence electrons. The van der Waals surface area contributed by atoms with Crippen molar-refractivity contribution in [3.63, 3.8) is 0 Å². The van der Waals surface area contributed by atoms with E-state index in [1.54, 1.807) is 10.8 Å². The third-order valence-corrected chi connectivity index (χ3v) is 5.60. The monoisotopic (exact) mass is 395 g/mol. The van der Waals surface area contributed by atoms with E-state index >= 15 is 0 Å². The largest absolute Gasteiger partial charge is 0.466 e. The molecule has 0 radical (unpaired) electrons. The minimum absolute atomic E-state index is 0.0919. The molecule has 1 aromatic heterocycles. The van der Waals surface area contributed by atoms with Crippen LogP contribution < -0.4 is 15.8 Å². The molecule has 29 heavy (non-hydrogen) atoms. The van der Waals surface area contributed by atoms with Crippen molar-refractivity contribution in [2.24, 2.45) is 0 Å². The quantitative estimate of drug-likeness (QED) is 0.756. The minimum atomic E-state index is -0.498. The van der Waals surface area contributed by atoms with Gasteiger partial charge in [-0.05, 0) is 45.4 Å². The van der Waals surface area contributed by atoms with E-state index in [2.05, 4.69) is 30.1 Å². The first-order valence-corrected chi connectivity index (χ1v) is 10.1. The minimum Gasteiger partial charge on any atom is -0.466 e. The van der Waals surface area contributed by atoms with Gasteiger partial charge in [-0.15, -0.1) is 0 Å². The topological polar surface area (TPSA) is 63.6 Å². The maximum Gasteiger partial charge on any atom is 0.336 e. The lowest BCUT2D eigenvalue weighted by atomic mass is 9.80. The molecule has 0 bridgehead atoms. The van der Waals surface area contributed by atoms with Gasteiger partial charge in [0.05, 0.1) is 24.2 Å². The van der Waals surface area contributed by atoms with Crippen LogP contribution in [0.1, 0.15) is 44.7 Å². The molecule has 6 nitrogen and oxygen atoms in total. The number of allylic oxidation sites excluding steroid dienone is 1. The molecule has 1 aliphatic rings. The predicted octanol–water partition coefficient (Wildman–Crippen LogP) is 3.72. The number of para-hydroxylation sites is 1. The second kappa shape index (κ2) is 8.55. The summed E-state index contributed by atoms with van der Waals surface area (Å²) in [5.41, 5.74) is 4.37. The van der Waals surface area contributed by atoms with Crippen LogP contribution in [0.25, 0.3) is 0 Å². The zero-order valence-electron chi connectivity index (χ0n) is 17.8. The molecule has 0 aliphatic carbocycles. The number of benzene rings is 1. The number of hydrogen-bond donors (Lipinski definition) is 1. The Morgan fingerprint density at radius 2 is 1.86 bits per heavy atom. The Kier molecular flexibility index (Phi) is 6.11. The molecule has 0 spiro atoms. The van der Waals surface area contributed by atoms with Crippen molar-refractivity contribution in [2.75, 3.05) is 30.4 Å². The Hall–Kier alpha value is -3.02. The zero-order valence-corrected chi connectivity index (χ0v) is 17.8. The highest BCUT2D eigenvalue weighted by Crippen LogP contribution is 2.43. The summed E-state index contributed by atoms with van der Waals surface area (Å²) in [7, 11) is 1.38. The molecule has 2 aromatic rings. The molecular formula is C23H29N3O3. The lowest BCUT2D eigenvalue weighted by Gasteiger charge is -2.33. The maximum absolute atomic E-state index is 13.3. The number of nitrogens with one attached hydrogen (secondary N) is 1. The van der Waals surface area contributed by atoms with Gasteiger partial charge >= 0.3 is 5.97 Å². The summed E-state index contributed by atoms with van der Waals surface area (Å²) in [4.78, 5) is 28.4. The van der Waals surface area contributed by atoms with Gasteiger partial charge in [0, 0.05) is 42.9 Å². The first-order chi connectivity index (χ1) is 14.0. The van der Waals surface area contributed by atoms with E-state index in [0.717, 1.165) is 30.0 Å². The van der Waals surface area contributed by atoms with Crippen molar-refractivity contribution in [3.05, 3.63) is 69.3 Å². The Balaban J connectivity index is 2.36. The second-order valence-electron chi connectivity index (χ2n) is 7.05. The van der Waals surface area contributed by atoms with Crippen molar-refractivity contribution >= 4 is 17.3 Å². The first-order valence-electron chi connectivity index (χ1n) is 10.1. The summed E-state index contributed by atoms with van der Waals surface area (Å²) in [6.07, 6.45) is 1.79. The summed E-state index contributed by atoms with van der Waals surface area (Å²) >= 11 is 0. The van der Waals surface area contributed by atoms with Gasteiger partial charge in [0.25, 0.3) is 5.56 Å². The number of aryl methyl sites for hydroxylation is 1. The van der Waals surface area contributed by atoms with Gasteiger partial charge in [-0.3, -0.25) is 4.79 Å². The fourth-order valence-corrected chi connectivity index (χ4v) is 4.13. The third kappa shape index (κ3) is 3.55. The van der Waals surface area contributed by atoms with Crippen molar-refractivity contribution in [1.29, 1.82) is 0 Å². The van der Waals surface area contributed by atoms with Crippen LogP contribution in [0.3, 0.4) is 0 Å². The number of esters is 1. The molecule has 3 rings (SSSR count). The number of methoxy groups -OCH3 is 1. The number of carbonyl (C=O) groups is 1. The Bertz CT molecular complexity index is 1000. The number of nitrogens with zero attached hydrogens (tertiary/aromatic N) is 2. The first kappa shape index (κ1) is 20.7. The van der Waals surface area contributed by atoms with E-state index in [-0.39, 0.29) is 5.56 Å². The fourth-order valence-electron chi connectivity index (χ4n) is 4.13. The van der Waals surface area contributed by atoms with Crippen LogP contribution in [-0.2, 0) is 16.1 Å². The Labute approximate surface area is 171 Å². The molecule has 0 saturated carbocycles. The molecule has 6 heteroatoms.